The minimum atomic E-state index is 0.123. The molecule has 2 aromatic carbocycles. The summed E-state index contributed by atoms with van der Waals surface area (Å²) in [6, 6.07) is 16.9. The highest BCUT2D eigenvalue weighted by molar-refractivity contribution is 5.83. The van der Waals surface area contributed by atoms with E-state index in [2.05, 4.69) is 53.0 Å². The van der Waals surface area contributed by atoms with E-state index in [0.29, 0.717) is 6.61 Å². The number of nitrogens with zero attached hydrogens (tertiary/aromatic N) is 1. The Hall–Kier alpha value is -2.13. The summed E-state index contributed by atoms with van der Waals surface area (Å²) in [5, 5.41) is 4.24. The van der Waals surface area contributed by atoms with E-state index in [0.717, 1.165) is 0 Å². The van der Waals surface area contributed by atoms with E-state index < -0.39 is 0 Å². The standard InChI is InChI=1S/C16H16N2O/c1-19-11-12-6-8-13(9-7-12)16-15-5-3-2-4-14(15)10-17-18-16/h2-10,16,18H,11H2,1H3. The molecule has 1 unspecified atom stereocenters. The summed E-state index contributed by atoms with van der Waals surface area (Å²) in [6.07, 6.45) is 1.87. The molecule has 0 amide bonds. The summed E-state index contributed by atoms with van der Waals surface area (Å²) in [5.74, 6) is 0. The van der Waals surface area contributed by atoms with Crippen molar-refractivity contribution < 1.29 is 4.74 Å². The van der Waals surface area contributed by atoms with Crippen molar-refractivity contribution >= 4 is 6.21 Å². The summed E-state index contributed by atoms with van der Waals surface area (Å²) in [5.41, 5.74) is 8.01. The highest BCUT2D eigenvalue weighted by atomic mass is 16.5. The molecule has 3 heteroatoms. The lowest BCUT2D eigenvalue weighted by Crippen LogP contribution is -2.22. The number of benzene rings is 2. The van der Waals surface area contributed by atoms with Gasteiger partial charge in [-0.25, -0.2) is 0 Å². The van der Waals surface area contributed by atoms with Gasteiger partial charge < -0.3 is 4.74 Å². The molecule has 0 fully saturated rings. The molecule has 3 rings (SSSR count). The van der Waals surface area contributed by atoms with Crippen LogP contribution in [0, 0.1) is 0 Å². The SMILES string of the molecule is COCc1ccc(C2NN=Cc3ccccc32)cc1. The second kappa shape index (κ2) is 5.24. The third-order valence-corrected chi connectivity index (χ3v) is 3.34. The molecule has 0 saturated carbocycles. The molecule has 0 bridgehead atoms. The fraction of sp³-hybridized carbons (Fsp3) is 0.188. The van der Waals surface area contributed by atoms with Crippen LogP contribution in [0.1, 0.15) is 28.3 Å². The smallest absolute Gasteiger partial charge is 0.0946 e. The van der Waals surface area contributed by atoms with Crippen LogP contribution >= 0.6 is 0 Å². The average molecular weight is 252 g/mol. The van der Waals surface area contributed by atoms with E-state index in [1.54, 1.807) is 7.11 Å². The second-order valence-corrected chi connectivity index (χ2v) is 4.62. The van der Waals surface area contributed by atoms with Gasteiger partial charge in [0, 0.05) is 12.7 Å². The van der Waals surface area contributed by atoms with Crippen molar-refractivity contribution in [3.63, 3.8) is 0 Å². The number of hydrogen-bond acceptors (Lipinski definition) is 3. The van der Waals surface area contributed by atoms with Crippen molar-refractivity contribution in [3.05, 3.63) is 70.8 Å². The molecule has 0 aromatic heterocycles. The molecule has 0 aliphatic carbocycles. The molecular formula is C16H16N2O. The summed E-state index contributed by atoms with van der Waals surface area (Å²) >= 11 is 0. The highest BCUT2D eigenvalue weighted by Gasteiger charge is 2.18. The Labute approximate surface area is 112 Å². The van der Waals surface area contributed by atoms with Crippen LogP contribution in [0.4, 0.5) is 0 Å². The fourth-order valence-corrected chi connectivity index (χ4v) is 2.37. The van der Waals surface area contributed by atoms with Gasteiger partial charge in [0.1, 0.15) is 0 Å². The van der Waals surface area contributed by atoms with Crippen molar-refractivity contribution in [3.8, 4) is 0 Å². The van der Waals surface area contributed by atoms with Crippen molar-refractivity contribution in [1.29, 1.82) is 0 Å². The summed E-state index contributed by atoms with van der Waals surface area (Å²) in [7, 11) is 1.71. The van der Waals surface area contributed by atoms with Gasteiger partial charge in [0.2, 0.25) is 0 Å². The van der Waals surface area contributed by atoms with E-state index in [9.17, 15) is 0 Å². The number of rotatable bonds is 3. The Balaban J connectivity index is 1.92. The van der Waals surface area contributed by atoms with E-state index in [1.807, 2.05) is 12.3 Å². The molecular weight excluding hydrogens is 236 g/mol. The maximum atomic E-state index is 5.13. The van der Waals surface area contributed by atoms with Crippen LogP contribution in [0.2, 0.25) is 0 Å². The first-order chi connectivity index (χ1) is 9.38. The van der Waals surface area contributed by atoms with Gasteiger partial charge in [0.25, 0.3) is 0 Å². The number of nitrogens with one attached hydrogen (secondary N) is 1. The van der Waals surface area contributed by atoms with Crippen LogP contribution in [-0.2, 0) is 11.3 Å². The van der Waals surface area contributed by atoms with E-state index in [4.69, 9.17) is 4.74 Å². The zero-order chi connectivity index (χ0) is 13.1. The fourth-order valence-electron chi connectivity index (χ4n) is 2.37. The zero-order valence-electron chi connectivity index (χ0n) is 10.8. The Kier molecular flexibility index (Phi) is 3.29. The van der Waals surface area contributed by atoms with Gasteiger partial charge >= 0.3 is 0 Å². The predicted molar refractivity (Wildman–Crippen MR) is 76.2 cm³/mol. The molecule has 0 spiro atoms. The largest absolute Gasteiger partial charge is 0.380 e. The Bertz CT molecular complexity index is 590. The number of hydrazone groups is 1. The molecule has 1 aliphatic heterocycles. The van der Waals surface area contributed by atoms with Gasteiger partial charge in [-0.15, -0.1) is 0 Å². The summed E-state index contributed by atoms with van der Waals surface area (Å²) in [4.78, 5) is 0. The Morgan fingerprint density at radius 1 is 1.11 bits per heavy atom. The molecule has 0 saturated heterocycles. The highest BCUT2D eigenvalue weighted by Crippen LogP contribution is 2.26. The lowest BCUT2D eigenvalue weighted by atomic mass is 9.94. The number of methoxy groups -OCH3 is 1. The van der Waals surface area contributed by atoms with Gasteiger partial charge in [-0.1, -0.05) is 48.5 Å². The van der Waals surface area contributed by atoms with Crippen LogP contribution < -0.4 is 5.43 Å². The van der Waals surface area contributed by atoms with E-state index >= 15 is 0 Å². The maximum Gasteiger partial charge on any atom is 0.0946 e. The molecule has 3 nitrogen and oxygen atoms in total. The number of ether oxygens (including phenoxy) is 1. The topological polar surface area (TPSA) is 33.6 Å². The van der Waals surface area contributed by atoms with Crippen LogP contribution in [-0.4, -0.2) is 13.3 Å². The molecule has 1 heterocycles. The summed E-state index contributed by atoms with van der Waals surface area (Å²) in [6.45, 7) is 0.646. The molecule has 0 radical (unpaired) electrons. The van der Waals surface area contributed by atoms with E-state index in [1.165, 1.54) is 22.3 Å². The Morgan fingerprint density at radius 3 is 2.68 bits per heavy atom. The molecule has 19 heavy (non-hydrogen) atoms. The lowest BCUT2D eigenvalue weighted by molar-refractivity contribution is 0.185. The minimum Gasteiger partial charge on any atom is -0.380 e. The normalized spacial score (nSPS) is 16.8. The number of hydrogen-bond donors (Lipinski definition) is 1. The van der Waals surface area contributed by atoms with Gasteiger partial charge in [-0.3, -0.25) is 5.43 Å². The average Bonchev–Trinajstić information content (AvgIpc) is 2.48. The van der Waals surface area contributed by atoms with Crippen LogP contribution in [0.3, 0.4) is 0 Å². The maximum absolute atomic E-state index is 5.13. The minimum absolute atomic E-state index is 0.123. The second-order valence-electron chi connectivity index (χ2n) is 4.62. The summed E-state index contributed by atoms with van der Waals surface area (Å²) < 4.78 is 5.13. The molecule has 1 N–H and O–H groups in total. The molecule has 96 valence electrons. The number of fused-ring (bicyclic) bond motifs is 1. The van der Waals surface area contributed by atoms with Crippen molar-refractivity contribution in [2.75, 3.05) is 7.11 Å². The van der Waals surface area contributed by atoms with Crippen molar-refractivity contribution in [2.24, 2.45) is 5.10 Å². The zero-order valence-corrected chi connectivity index (χ0v) is 10.8. The quantitative estimate of drug-likeness (QED) is 0.911. The van der Waals surface area contributed by atoms with Crippen LogP contribution in [0.15, 0.2) is 53.6 Å². The first-order valence-electron chi connectivity index (χ1n) is 6.34. The molecule has 1 atom stereocenters. The molecule has 1 aliphatic rings. The Morgan fingerprint density at radius 2 is 1.89 bits per heavy atom. The molecule has 2 aromatic rings. The van der Waals surface area contributed by atoms with Crippen molar-refractivity contribution in [2.45, 2.75) is 12.6 Å². The predicted octanol–water partition coefficient (Wildman–Crippen LogP) is 2.86. The lowest BCUT2D eigenvalue weighted by Gasteiger charge is -2.23. The first kappa shape index (κ1) is 11.9. The third kappa shape index (κ3) is 2.37. The third-order valence-electron chi connectivity index (χ3n) is 3.34. The van der Waals surface area contributed by atoms with Gasteiger partial charge in [-0.2, -0.15) is 5.10 Å². The van der Waals surface area contributed by atoms with Gasteiger partial charge in [0.05, 0.1) is 18.9 Å². The van der Waals surface area contributed by atoms with Gasteiger partial charge in [0.15, 0.2) is 0 Å². The van der Waals surface area contributed by atoms with Gasteiger partial charge in [-0.05, 0) is 16.7 Å². The first-order valence-corrected chi connectivity index (χ1v) is 6.34. The monoisotopic (exact) mass is 252 g/mol. The van der Waals surface area contributed by atoms with Crippen molar-refractivity contribution in [1.82, 2.24) is 5.43 Å². The van der Waals surface area contributed by atoms with Crippen LogP contribution in [0.5, 0.6) is 0 Å². The van der Waals surface area contributed by atoms with E-state index in [-0.39, 0.29) is 6.04 Å². The van der Waals surface area contributed by atoms with Crippen LogP contribution in [0.25, 0.3) is 0 Å².